The zero-order chi connectivity index (χ0) is 16.8. The van der Waals surface area contributed by atoms with Gasteiger partial charge in [0.1, 0.15) is 5.75 Å². The molecule has 0 amide bonds. The van der Waals surface area contributed by atoms with Gasteiger partial charge in [-0.2, -0.15) is 0 Å². The molecule has 6 heteroatoms. The third-order valence-corrected chi connectivity index (χ3v) is 4.94. The highest BCUT2D eigenvalue weighted by atomic mass is 127. The quantitative estimate of drug-likeness (QED) is 0.308. The number of nitrogens with two attached hydrogens (primary N) is 1. The number of nitrogens with zero attached hydrogens (tertiary/aromatic N) is 2. The van der Waals surface area contributed by atoms with Crippen LogP contribution >= 0.6 is 24.0 Å². The molecule has 0 bridgehead atoms. The van der Waals surface area contributed by atoms with Gasteiger partial charge in [0.25, 0.3) is 0 Å². The Labute approximate surface area is 168 Å². The summed E-state index contributed by atoms with van der Waals surface area (Å²) < 4.78 is 5.68. The van der Waals surface area contributed by atoms with Crippen molar-refractivity contribution < 1.29 is 4.74 Å². The highest BCUT2D eigenvalue weighted by Gasteiger charge is 2.21. The SMILES string of the molecule is CC1CCCN(CCCN=C(N)NC2CCOc3ccccc32)C1.I. The third kappa shape index (κ3) is 6.02. The Morgan fingerprint density at radius 3 is 3.04 bits per heavy atom. The van der Waals surface area contributed by atoms with Gasteiger partial charge in [0.15, 0.2) is 5.96 Å². The van der Waals surface area contributed by atoms with Crippen LogP contribution in [-0.4, -0.2) is 43.6 Å². The van der Waals surface area contributed by atoms with Crippen LogP contribution in [-0.2, 0) is 0 Å². The molecule has 1 fully saturated rings. The number of likely N-dealkylation sites (tertiary alicyclic amines) is 1. The molecule has 2 unspecified atom stereocenters. The van der Waals surface area contributed by atoms with Crippen LogP contribution < -0.4 is 15.8 Å². The summed E-state index contributed by atoms with van der Waals surface area (Å²) >= 11 is 0. The van der Waals surface area contributed by atoms with Gasteiger partial charge in [0, 0.05) is 25.1 Å². The van der Waals surface area contributed by atoms with E-state index in [1.807, 2.05) is 18.2 Å². The van der Waals surface area contributed by atoms with Crippen molar-refractivity contribution in [1.29, 1.82) is 0 Å². The largest absolute Gasteiger partial charge is 0.493 e. The molecule has 1 aromatic rings. The van der Waals surface area contributed by atoms with Crippen LogP contribution in [0.3, 0.4) is 0 Å². The lowest BCUT2D eigenvalue weighted by Crippen LogP contribution is -2.38. The van der Waals surface area contributed by atoms with Crippen molar-refractivity contribution in [1.82, 2.24) is 10.2 Å². The molecule has 0 saturated carbocycles. The van der Waals surface area contributed by atoms with E-state index in [1.54, 1.807) is 0 Å². The fraction of sp³-hybridized carbons (Fsp3) is 0.632. The van der Waals surface area contributed by atoms with Gasteiger partial charge in [-0.05, 0) is 44.3 Å². The first-order chi connectivity index (χ1) is 11.7. The van der Waals surface area contributed by atoms with Crippen LogP contribution in [0.4, 0.5) is 0 Å². The van der Waals surface area contributed by atoms with Gasteiger partial charge in [-0.25, -0.2) is 0 Å². The topological polar surface area (TPSA) is 62.9 Å². The van der Waals surface area contributed by atoms with Gasteiger partial charge in [0.2, 0.25) is 0 Å². The average Bonchev–Trinajstić information content (AvgIpc) is 2.59. The van der Waals surface area contributed by atoms with Gasteiger partial charge in [0.05, 0.1) is 12.6 Å². The maximum atomic E-state index is 6.09. The minimum atomic E-state index is 0. The van der Waals surface area contributed by atoms with Crippen molar-refractivity contribution in [3.8, 4) is 5.75 Å². The van der Waals surface area contributed by atoms with Crippen molar-refractivity contribution in [3.63, 3.8) is 0 Å². The lowest BCUT2D eigenvalue weighted by atomic mass is 10.0. The van der Waals surface area contributed by atoms with E-state index in [9.17, 15) is 0 Å². The van der Waals surface area contributed by atoms with Gasteiger partial charge >= 0.3 is 0 Å². The number of nitrogens with one attached hydrogen (secondary N) is 1. The van der Waals surface area contributed by atoms with Crippen LogP contribution in [0.5, 0.6) is 5.75 Å². The van der Waals surface area contributed by atoms with E-state index in [1.165, 1.54) is 31.5 Å². The predicted octanol–water partition coefficient (Wildman–Crippen LogP) is 3.15. The summed E-state index contributed by atoms with van der Waals surface area (Å²) in [7, 11) is 0. The second-order valence-electron chi connectivity index (χ2n) is 7.04. The van der Waals surface area contributed by atoms with Gasteiger partial charge in [-0.15, -0.1) is 24.0 Å². The number of hydrogen-bond donors (Lipinski definition) is 2. The number of rotatable bonds is 5. The zero-order valence-corrected chi connectivity index (χ0v) is 17.4. The molecule has 2 aliphatic rings. The van der Waals surface area contributed by atoms with E-state index in [0.29, 0.717) is 5.96 Å². The summed E-state index contributed by atoms with van der Waals surface area (Å²) in [5.41, 5.74) is 7.26. The highest BCUT2D eigenvalue weighted by molar-refractivity contribution is 14.0. The molecule has 2 heterocycles. The van der Waals surface area contributed by atoms with Crippen molar-refractivity contribution >= 4 is 29.9 Å². The summed E-state index contributed by atoms with van der Waals surface area (Å²) in [6.07, 6.45) is 4.69. The number of piperidine rings is 1. The summed E-state index contributed by atoms with van der Waals surface area (Å²) in [5.74, 6) is 2.33. The molecule has 5 nitrogen and oxygen atoms in total. The molecular weight excluding hydrogens is 427 g/mol. The minimum absolute atomic E-state index is 0. The Hall–Kier alpha value is -1.02. The smallest absolute Gasteiger partial charge is 0.189 e. The number of halogens is 1. The van der Waals surface area contributed by atoms with Gasteiger partial charge < -0.3 is 20.7 Å². The van der Waals surface area contributed by atoms with E-state index >= 15 is 0 Å². The van der Waals surface area contributed by atoms with E-state index in [-0.39, 0.29) is 30.0 Å². The van der Waals surface area contributed by atoms with Crippen molar-refractivity contribution in [2.45, 2.75) is 38.6 Å². The standard InChI is InChI=1S/C19H30N4O.HI/c1-15-6-4-11-23(14-15)12-5-10-21-19(20)22-17-9-13-24-18-8-3-2-7-16(17)18;/h2-3,7-8,15,17H,4-6,9-14H2,1H3,(H3,20,21,22);1H. The van der Waals surface area contributed by atoms with Crippen LogP contribution in [0.25, 0.3) is 0 Å². The summed E-state index contributed by atoms with van der Waals surface area (Å²) in [6.45, 7) is 7.44. The normalized spacial score (nSPS) is 24.0. The van der Waals surface area contributed by atoms with Crippen LogP contribution in [0.1, 0.15) is 44.2 Å². The second-order valence-corrected chi connectivity index (χ2v) is 7.04. The molecule has 1 saturated heterocycles. The number of benzene rings is 1. The monoisotopic (exact) mass is 458 g/mol. The van der Waals surface area contributed by atoms with Crippen LogP contribution in [0.2, 0.25) is 0 Å². The molecule has 0 aliphatic carbocycles. The number of guanidine groups is 1. The van der Waals surface area contributed by atoms with Crippen molar-refractivity contribution in [3.05, 3.63) is 29.8 Å². The minimum Gasteiger partial charge on any atom is -0.493 e. The zero-order valence-electron chi connectivity index (χ0n) is 15.1. The molecule has 3 N–H and O–H groups in total. The molecule has 0 radical (unpaired) electrons. The Kier molecular flexibility index (Phi) is 8.29. The number of fused-ring (bicyclic) bond motifs is 1. The first kappa shape index (κ1) is 20.3. The fourth-order valence-corrected chi connectivity index (χ4v) is 3.70. The number of aliphatic imine (C=N–C) groups is 1. The van der Waals surface area contributed by atoms with Crippen molar-refractivity contribution in [2.75, 3.05) is 32.8 Å². The van der Waals surface area contributed by atoms with Gasteiger partial charge in [-0.3, -0.25) is 4.99 Å². The maximum absolute atomic E-state index is 6.09. The Bertz CT molecular complexity index is 566. The maximum Gasteiger partial charge on any atom is 0.189 e. The predicted molar refractivity (Wildman–Crippen MR) is 114 cm³/mol. The molecule has 0 aromatic heterocycles. The summed E-state index contributed by atoms with van der Waals surface area (Å²) in [6, 6.07) is 8.34. The second kappa shape index (κ2) is 10.2. The van der Waals surface area contributed by atoms with Crippen molar-refractivity contribution in [2.24, 2.45) is 16.6 Å². The van der Waals surface area contributed by atoms with E-state index in [0.717, 1.165) is 44.2 Å². The first-order valence-corrected chi connectivity index (χ1v) is 9.23. The van der Waals surface area contributed by atoms with Crippen LogP contribution in [0, 0.1) is 5.92 Å². The Morgan fingerprint density at radius 1 is 1.36 bits per heavy atom. The highest BCUT2D eigenvalue weighted by Crippen LogP contribution is 2.31. The molecule has 0 spiro atoms. The summed E-state index contributed by atoms with van der Waals surface area (Å²) in [4.78, 5) is 7.07. The molecule has 1 aromatic carbocycles. The van der Waals surface area contributed by atoms with Gasteiger partial charge in [-0.1, -0.05) is 25.1 Å². The average molecular weight is 458 g/mol. The van der Waals surface area contributed by atoms with E-state index in [2.05, 4.69) is 28.2 Å². The van der Waals surface area contributed by atoms with E-state index < -0.39 is 0 Å². The number of para-hydroxylation sites is 1. The Morgan fingerprint density at radius 2 is 2.20 bits per heavy atom. The molecule has 2 aliphatic heterocycles. The Balaban J connectivity index is 0.00000225. The molecule has 2 atom stereocenters. The number of hydrogen-bond acceptors (Lipinski definition) is 3. The van der Waals surface area contributed by atoms with Crippen LogP contribution in [0.15, 0.2) is 29.3 Å². The first-order valence-electron chi connectivity index (χ1n) is 9.23. The summed E-state index contributed by atoms with van der Waals surface area (Å²) in [5, 5.41) is 3.35. The molecule has 140 valence electrons. The van der Waals surface area contributed by atoms with E-state index in [4.69, 9.17) is 10.5 Å². The lowest BCUT2D eigenvalue weighted by molar-refractivity contribution is 0.183. The fourth-order valence-electron chi connectivity index (χ4n) is 3.70. The molecule has 3 rings (SSSR count). The lowest BCUT2D eigenvalue weighted by Gasteiger charge is -2.30. The number of ether oxygens (including phenoxy) is 1. The molecule has 25 heavy (non-hydrogen) atoms. The third-order valence-electron chi connectivity index (χ3n) is 4.94. The molecular formula is C19H31IN4O.